The van der Waals surface area contributed by atoms with Crippen LogP contribution in [0.3, 0.4) is 0 Å². The van der Waals surface area contributed by atoms with Gasteiger partial charge in [-0.15, -0.1) is 0 Å². The average Bonchev–Trinajstić information content (AvgIpc) is 2.44. The predicted octanol–water partition coefficient (Wildman–Crippen LogP) is 2.24. The highest BCUT2D eigenvalue weighted by molar-refractivity contribution is 5.76. The Morgan fingerprint density at radius 2 is 1.95 bits per heavy atom. The number of methoxy groups -OCH3 is 2. The van der Waals surface area contributed by atoms with Gasteiger partial charge in [0.25, 0.3) is 6.43 Å². The van der Waals surface area contributed by atoms with Crippen molar-refractivity contribution in [1.82, 2.24) is 0 Å². The molecule has 1 unspecified atom stereocenters. The second-order valence-corrected chi connectivity index (χ2v) is 3.80. The van der Waals surface area contributed by atoms with Gasteiger partial charge in [-0.1, -0.05) is 0 Å². The molecule has 0 aliphatic carbocycles. The Morgan fingerprint density at radius 1 is 1.30 bits per heavy atom. The maximum Gasteiger partial charge on any atom is 0.339 e. The summed E-state index contributed by atoms with van der Waals surface area (Å²) in [7, 11) is 2.50. The Labute approximate surface area is 115 Å². The SMILES string of the molecule is CCOC(=O)C(O)c1cc(OC)c(OC)c(C(F)F)c1. The quantitative estimate of drug-likeness (QED) is 0.814. The first-order chi connectivity index (χ1) is 9.46. The third-order valence-electron chi connectivity index (χ3n) is 2.59. The molecule has 0 saturated heterocycles. The van der Waals surface area contributed by atoms with Gasteiger partial charge in [-0.3, -0.25) is 0 Å². The first-order valence-electron chi connectivity index (χ1n) is 5.84. The zero-order valence-corrected chi connectivity index (χ0v) is 11.4. The number of benzene rings is 1. The van der Waals surface area contributed by atoms with Gasteiger partial charge in [-0.25, -0.2) is 13.6 Å². The Hall–Kier alpha value is -1.89. The third kappa shape index (κ3) is 3.36. The van der Waals surface area contributed by atoms with Crippen molar-refractivity contribution in [2.24, 2.45) is 0 Å². The van der Waals surface area contributed by atoms with Crippen LogP contribution in [-0.2, 0) is 9.53 Å². The molecule has 0 saturated carbocycles. The van der Waals surface area contributed by atoms with Gasteiger partial charge in [0.2, 0.25) is 0 Å². The maximum atomic E-state index is 13.0. The number of aliphatic hydroxyl groups is 1. The average molecular weight is 290 g/mol. The summed E-state index contributed by atoms with van der Waals surface area (Å²) in [4.78, 5) is 11.4. The normalized spacial score (nSPS) is 12.2. The van der Waals surface area contributed by atoms with Crippen molar-refractivity contribution in [3.05, 3.63) is 23.3 Å². The Kier molecular flexibility index (Phi) is 5.69. The first kappa shape index (κ1) is 16.2. The van der Waals surface area contributed by atoms with Crippen molar-refractivity contribution in [2.75, 3.05) is 20.8 Å². The van der Waals surface area contributed by atoms with Gasteiger partial charge in [-0.2, -0.15) is 0 Å². The van der Waals surface area contributed by atoms with Crippen LogP contribution in [0.15, 0.2) is 12.1 Å². The standard InChI is InChI=1S/C13H16F2O5/c1-4-20-13(17)10(16)7-5-8(12(14)15)11(19-3)9(6-7)18-2/h5-6,10,12,16H,4H2,1-3H3. The molecule has 1 aromatic rings. The van der Waals surface area contributed by atoms with Crippen molar-refractivity contribution in [1.29, 1.82) is 0 Å². The predicted molar refractivity (Wildman–Crippen MR) is 66.1 cm³/mol. The summed E-state index contributed by atoms with van der Waals surface area (Å²) < 4.78 is 40.4. The lowest BCUT2D eigenvalue weighted by Crippen LogP contribution is -2.16. The summed E-state index contributed by atoms with van der Waals surface area (Å²) in [5.41, 5.74) is -0.512. The minimum absolute atomic E-state index is 0.00338. The fraction of sp³-hybridized carbons (Fsp3) is 0.462. The highest BCUT2D eigenvalue weighted by atomic mass is 19.3. The summed E-state index contributed by atoms with van der Waals surface area (Å²) >= 11 is 0. The zero-order valence-electron chi connectivity index (χ0n) is 11.4. The van der Waals surface area contributed by atoms with Crippen LogP contribution in [0.4, 0.5) is 8.78 Å². The van der Waals surface area contributed by atoms with Crippen LogP contribution >= 0.6 is 0 Å². The minimum atomic E-state index is -2.84. The van der Waals surface area contributed by atoms with E-state index >= 15 is 0 Å². The molecule has 1 atom stereocenters. The summed E-state index contributed by atoms with van der Waals surface area (Å²) in [5, 5.41) is 9.79. The van der Waals surface area contributed by atoms with Crippen LogP contribution in [-0.4, -0.2) is 31.9 Å². The number of esters is 1. The molecule has 1 rings (SSSR count). The lowest BCUT2D eigenvalue weighted by atomic mass is 10.0. The first-order valence-corrected chi connectivity index (χ1v) is 5.84. The number of hydrogen-bond acceptors (Lipinski definition) is 5. The van der Waals surface area contributed by atoms with Gasteiger partial charge in [0, 0.05) is 0 Å². The molecule has 1 aromatic carbocycles. The summed E-state index contributed by atoms with van der Waals surface area (Å²) in [6.45, 7) is 1.65. The van der Waals surface area contributed by atoms with Crippen molar-refractivity contribution in [2.45, 2.75) is 19.5 Å². The Bertz CT molecular complexity index is 476. The molecule has 0 aliphatic heterocycles. The molecular weight excluding hydrogens is 274 g/mol. The van der Waals surface area contributed by atoms with Crippen LogP contribution in [0, 0.1) is 0 Å². The van der Waals surface area contributed by atoms with Gasteiger partial charge >= 0.3 is 5.97 Å². The zero-order chi connectivity index (χ0) is 15.3. The Balaban J connectivity index is 3.28. The van der Waals surface area contributed by atoms with Gasteiger partial charge < -0.3 is 19.3 Å². The second-order valence-electron chi connectivity index (χ2n) is 3.80. The molecular formula is C13H16F2O5. The molecule has 0 amide bonds. The van der Waals surface area contributed by atoms with E-state index < -0.39 is 24.1 Å². The summed E-state index contributed by atoms with van der Waals surface area (Å²) in [5.74, 6) is -1.05. The molecule has 0 spiro atoms. The second kappa shape index (κ2) is 7.04. The van der Waals surface area contributed by atoms with Crippen LogP contribution in [0.25, 0.3) is 0 Å². The van der Waals surface area contributed by atoms with E-state index in [2.05, 4.69) is 4.74 Å². The van der Waals surface area contributed by atoms with E-state index in [-0.39, 0.29) is 23.7 Å². The van der Waals surface area contributed by atoms with E-state index in [0.29, 0.717) is 0 Å². The highest BCUT2D eigenvalue weighted by Gasteiger charge is 2.25. The number of rotatable bonds is 6. The van der Waals surface area contributed by atoms with Gasteiger partial charge in [0.1, 0.15) is 0 Å². The molecule has 0 bridgehead atoms. The van der Waals surface area contributed by atoms with E-state index in [0.717, 1.165) is 6.07 Å². The van der Waals surface area contributed by atoms with Crippen molar-refractivity contribution in [3.8, 4) is 11.5 Å². The number of hydrogen-bond donors (Lipinski definition) is 1. The largest absolute Gasteiger partial charge is 0.493 e. The van der Waals surface area contributed by atoms with Crippen LogP contribution in [0.5, 0.6) is 11.5 Å². The molecule has 7 heteroatoms. The number of alkyl halides is 2. The van der Waals surface area contributed by atoms with E-state index in [1.54, 1.807) is 6.92 Å². The van der Waals surface area contributed by atoms with Crippen LogP contribution < -0.4 is 9.47 Å². The summed E-state index contributed by atoms with van der Waals surface area (Å²) in [6, 6.07) is 2.25. The van der Waals surface area contributed by atoms with Crippen molar-refractivity contribution >= 4 is 5.97 Å². The molecule has 20 heavy (non-hydrogen) atoms. The van der Waals surface area contributed by atoms with Crippen molar-refractivity contribution in [3.63, 3.8) is 0 Å². The molecule has 0 aliphatic rings. The van der Waals surface area contributed by atoms with E-state index in [9.17, 15) is 18.7 Å². The highest BCUT2D eigenvalue weighted by Crippen LogP contribution is 2.39. The molecule has 0 fully saturated rings. The third-order valence-corrected chi connectivity index (χ3v) is 2.59. The number of carbonyl (C=O) groups excluding carboxylic acids is 1. The minimum Gasteiger partial charge on any atom is -0.493 e. The van der Waals surface area contributed by atoms with E-state index in [4.69, 9.17) is 9.47 Å². The van der Waals surface area contributed by atoms with Crippen molar-refractivity contribution < 1.29 is 32.9 Å². The van der Waals surface area contributed by atoms with Gasteiger partial charge in [0.15, 0.2) is 17.6 Å². The lowest BCUT2D eigenvalue weighted by Gasteiger charge is -2.16. The molecule has 0 aromatic heterocycles. The molecule has 1 N–H and O–H groups in total. The maximum absolute atomic E-state index is 13.0. The molecule has 0 radical (unpaired) electrons. The number of aliphatic hydroxyl groups excluding tert-OH is 1. The number of halogens is 2. The van der Waals surface area contributed by atoms with Crippen LogP contribution in [0.2, 0.25) is 0 Å². The molecule has 112 valence electrons. The monoisotopic (exact) mass is 290 g/mol. The fourth-order valence-electron chi connectivity index (χ4n) is 1.69. The number of ether oxygens (including phenoxy) is 3. The smallest absolute Gasteiger partial charge is 0.339 e. The topological polar surface area (TPSA) is 65.0 Å². The van der Waals surface area contributed by atoms with Crippen LogP contribution in [0.1, 0.15) is 30.6 Å². The molecule has 0 heterocycles. The fourth-order valence-corrected chi connectivity index (χ4v) is 1.69. The summed E-state index contributed by atoms with van der Waals surface area (Å²) in [6.07, 6.45) is -4.50. The van der Waals surface area contributed by atoms with E-state index in [1.807, 2.05) is 0 Å². The van der Waals surface area contributed by atoms with Gasteiger partial charge in [0.05, 0.1) is 26.4 Å². The molecule has 5 nitrogen and oxygen atoms in total. The Morgan fingerprint density at radius 3 is 2.40 bits per heavy atom. The van der Waals surface area contributed by atoms with Gasteiger partial charge in [-0.05, 0) is 24.6 Å². The number of carbonyl (C=O) groups is 1. The lowest BCUT2D eigenvalue weighted by molar-refractivity contribution is -0.153. The van der Waals surface area contributed by atoms with E-state index in [1.165, 1.54) is 20.3 Å².